The summed E-state index contributed by atoms with van der Waals surface area (Å²) in [4.78, 5) is 40.3. The molecule has 2 aliphatic carbocycles. The fraction of sp³-hybridized carbons (Fsp3) is 0.364. The van der Waals surface area contributed by atoms with Gasteiger partial charge in [0, 0.05) is 17.3 Å². The third-order valence-corrected chi connectivity index (χ3v) is 5.98. The van der Waals surface area contributed by atoms with Crippen LogP contribution in [-0.4, -0.2) is 22.7 Å². The van der Waals surface area contributed by atoms with Gasteiger partial charge in [0.2, 0.25) is 5.91 Å². The highest BCUT2D eigenvalue weighted by Gasteiger charge is 2.40. The Morgan fingerprint density at radius 3 is 2.21 bits per heavy atom. The molecule has 0 aliphatic heterocycles. The second-order valence-corrected chi connectivity index (χ2v) is 7.92. The zero-order valence-electron chi connectivity index (χ0n) is 16.1. The Balaban J connectivity index is 1.39. The third kappa shape index (κ3) is 4.29. The van der Waals surface area contributed by atoms with Crippen molar-refractivity contribution in [3.63, 3.8) is 0 Å². The molecule has 0 spiro atoms. The van der Waals surface area contributed by atoms with Crippen molar-refractivity contribution in [1.29, 1.82) is 0 Å². The number of hydrogen-bond donors (Lipinski definition) is 3. The van der Waals surface area contributed by atoms with Crippen molar-refractivity contribution in [2.24, 2.45) is 23.5 Å². The van der Waals surface area contributed by atoms with Gasteiger partial charge in [0.25, 0.3) is 11.8 Å². The van der Waals surface area contributed by atoms with Crippen LogP contribution in [0.25, 0.3) is 0 Å². The van der Waals surface area contributed by atoms with E-state index in [2.05, 4.69) is 15.6 Å². The second-order valence-electron chi connectivity index (χ2n) is 7.92. The molecule has 2 unspecified atom stereocenters. The van der Waals surface area contributed by atoms with Crippen molar-refractivity contribution in [1.82, 2.24) is 4.98 Å². The predicted octanol–water partition coefficient (Wildman–Crippen LogP) is 3.20. The molecule has 150 valence electrons. The minimum atomic E-state index is -0.694. The average Bonchev–Trinajstić information content (AvgIpc) is 3.30. The molecule has 7 heteroatoms. The SMILES string of the molecule is NC(=O)c1cccc(C(=O)Nc2cccc(NC(=O)C3CC4CCCC4C3)c2)n1. The molecule has 3 amide bonds. The lowest BCUT2D eigenvalue weighted by Crippen LogP contribution is -2.21. The number of pyridine rings is 1. The molecule has 1 heterocycles. The van der Waals surface area contributed by atoms with Gasteiger partial charge in [-0.15, -0.1) is 0 Å². The number of primary amides is 1. The quantitative estimate of drug-likeness (QED) is 0.725. The van der Waals surface area contributed by atoms with Gasteiger partial charge >= 0.3 is 0 Å². The Morgan fingerprint density at radius 2 is 1.52 bits per heavy atom. The van der Waals surface area contributed by atoms with Gasteiger partial charge in [0.1, 0.15) is 11.4 Å². The first kappa shape index (κ1) is 19.1. The summed E-state index contributed by atoms with van der Waals surface area (Å²) >= 11 is 0. The van der Waals surface area contributed by atoms with E-state index >= 15 is 0 Å². The Labute approximate surface area is 169 Å². The fourth-order valence-electron chi connectivity index (χ4n) is 4.59. The zero-order chi connectivity index (χ0) is 20.4. The number of nitrogens with zero attached hydrogens (tertiary/aromatic N) is 1. The number of carbonyl (C=O) groups is 3. The van der Waals surface area contributed by atoms with Crippen LogP contribution < -0.4 is 16.4 Å². The number of amides is 3. The second kappa shape index (κ2) is 8.03. The number of nitrogens with one attached hydrogen (secondary N) is 2. The molecule has 7 nitrogen and oxygen atoms in total. The highest BCUT2D eigenvalue weighted by atomic mass is 16.2. The van der Waals surface area contributed by atoms with Crippen LogP contribution in [-0.2, 0) is 4.79 Å². The van der Waals surface area contributed by atoms with Gasteiger partial charge in [0.15, 0.2) is 0 Å². The van der Waals surface area contributed by atoms with Gasteiger partial charge in [-0.05, 0) is 55.0 Å². The van der Waals surface area contributed by atoms with E-state index in [1.54, 1.807) is 30.3 Å². The van der Waals surface area contributed by atoms with Gasteiger partial charge in [-0.1, -0.05) is 31.4 Å². The van der Waals surface area contributed by atoms with Gasteiger partial charge in [-0.25, -0.2) is 4.98 Å². The first-order valence-corrected chi connectivity index (χ1v) is 9.99. The zero-order valence-corrected chi connectivity index (χ0v) is 16.1. The molecule has 1 aromatic heterocycles. The van der Waals surface area contributed by atoms with Crippen molar-refractivity contribution >= 4 is 29.1 Å². The highest BCUT2D eigenvalue weighted by molar-refractivity contribution is 6.04. The van der Waals surface area contributed by atoms with Crippen molar-refractivity contribution in [3.05, 3.63) is 53.9 Å². The van der Waals surface area contributed by atoms with Crippen LogP contribution in [0, 0.1) is 17.8 Å². The number of carbonyl (C=O) groups excluding carboxylic acids is 3. The maximum Gasteiger partial charge on any atom is 0.274 e. The van der Waals surface area contributed by atoms with Gasteiger partial charge in [-0.3, -0.25) is 14.4 Å². The predicted molar refractivity (Wildman–Crippen MR) is 109 cm³/mol. The molecule has 2 fully saturated rings. The topological polar surface area (TPSA) is 114 Å². The highest BCUT2D eigenvalue weighted by Crippen LogP contribution is 2.47. The van der Waals surface area contributed by atoms with Crippen LogP contribution in [0.1, 0.15) is 53.1 Å². The van der Waals surface area contributed by atoms with E-state index in [0.717, 1.165) is 12.8 Å². The summed E-state index contributed by atoms with van der Waals surface area (Å²) in [5.41, 5.74) is 6.50. The molecule has 2 saturated carbocycles. The lowest BCUT2D eigenvalue weighted by atomic mass is 10.0. The fourth-order valence-corrected chi connectivity index (χ4v) is 4.59. The summed E-state index contributed by atoms with van der Waals surface area (Å²) in [6.07, 6.45) is 5.76. The van der Waals surface area contributed by atoms with Crippen molar-refractivity contribution in [2.75, 3.05) is 10.6 Å². The maximum absolute atomic E-state index is 12.6. The van der Waals surface area contributed by atoms with E-state index in [1.165, 1.54) is 31.4 Å². The van der Waals surface area contributed by atoms with Crippen LogP contribution in [0.15, 0.2) is 42.5 Å². The Bertz CT molecular complexity index is 947. The van der Waals surface area contributed by atoms with Crippen LogP contribution >= 0.6 is 0 Å². The summed E-state index contributed by atoms with van der Waals surface area (Å²) in [6.45, 7) is 0. The molecule has 2 aliphatic rings. The third-order valence-electron chi connectivity index (χ3n) is 5.98. The van der Waals surface area contributed by atoms with E-state index in [1.807, 2.05) is 0 Å². The molecule has 29 heavy (non-hydrogen) atoms. The molecule has 0 bridgehead atoms. The summed E-state index contributed by atoms with van der Waals surface area (Å²) in [6, 6.07) is 11.5. The minimum Gasteiger partial charge on any atom is -0.364 e. The molecule has 1 aromatic carbocycles. The smallest absolute Gasteiger partial charge is 0.274 e. The van der Waals surface area contributed by atoms with Crippen molar-refractivity contribution in [2.45, 2.75) is 32.1 Å². The van der Waals surface area contributed by atoms with E-state index in [-0.39, 0.29) is 23.2 Å². The molecule has 4 rings (SSSR count). The standard InChI is InChI=1S/C22H24N4O3/c23-20(27)18-8-3-9-19(26-18)22(29)25-17-7-2-6-16(12-17)24-21(28)15-10-13-4-1-5-14(13)11-15/h2-3,6-9,12-15H,1,4-5,10-11H2,(H2,23,27)(H,24,28)(H,25,29). The lowest BCUT2D eigenvalue weighted by Gasteiger charge is -2.13. The average molecular weight is 392 g/mol. The van der Waals surface area contributed by atoms with Crippen LogP contribution in [0.3, 0.4) is 0 Å². The minimum absolute atomic E-state index is 0.0278. The van der Waals surface area contributed by atoms with Gasteiger partial charge in [0.05, 0.1) is 0 Å². The van der Waals surface area contributed by atoms with E-state index in [0.29, 0.717) is 23.2 Å². The molecular weight excluding hydrogens is 368 g/mol. The monoisotopic (exact) mass is 392 g/mol. The molecule has 0 saturated heterocycles. The normalized spacial score (nSPS) is 22.7. The number of rotatable bonds is 5. The Hall–Kier alpha value is -3.22. The number of fused-ring (bicyclic) bond motifs is 1. The van der Waals surface area contributed by atoms with E-state index < -0.39 is 11.8 Å². The summed E-state index contributed by atoms with van der Waals surface area (Å²) in [5.74, 6) is 0.392. The molecule has 4 N–H and O–H groups in total. The Kier molecular flexibility index (Phi) is 5.29. The van der Waals surface area contributed by atoms with Crippen LogP contribution in [0.2, 0.25) is 0 Å². The van der Waals surface area contributed by atoms with Crippen molar-refractivity contribution in [3.8, 4) is 0 Å². The van der Waals surface area contributed by atoms with Crippen LogP contribution in [0.5, 0.6) is 0 Å². The van der Waals surface area contributed by atoms with E-state index in [4.69, 9.17) is 5.73 Å². The largest absolute Gasteiger partial charge is 0.364 e. The first-order valence-electron chi connectivity index (χ1n) is 9.99. The maximum atomic E-state index is 12.6. The molecule has 0 radical (unpaired) electrons. The summed E-state index contributed by atoms with van der Waals surface area (Å²) in [7, 11) is 0. The molecule has 2 aromatic rings. The van der Waals surface area contributed by atoms with E-state index in [9.17, 15) is 14.4 Å². The number of benzene rings is 1. The summed E-state index contributed by atoms with van der Waals surface area (Å²) in [5, 5.41) is 5.72. The first-order chi connectivity index (χ1) is 14.0. The van der Waals surface area contributed by atoms with Crippen molar-refractivity contribution < 1.29 is 14.4 Å². The number of aromatic nitrogens is 1. The molecular formula is C22H24N4O3. The molecule has 2 atom stereocenters. The van der Waals surface area contributed by atoms with Gasteiger partial charge < -0.3 is 16.4 Å². The number of nitrogens with two attached hydrogens (primary N) is 1. The summed E-state index contributed by atoms with van der Waals surface area (Å²) < 4.78 is 0. The van der Waals surface area contributed by atoms with Gasteiger partial charge in [-0.2, -0.15) is 0 Å². The van der Waals surface area contributed by atoms with Crippen LogP contribution in [0.4, 0.5) is 11.4 Å². The lowest BCUT2D eigenvalue weighted by molar-refractivity contribution is -0.119. The number of hydrogen-bond acceptors (Lipinski definition) is 4. The number of anilines is 2. The Morgan fingerprint density at radius 1 is 0.897 bits per heavy atom.